The summed E-state index contributed by atoms with van der Waals surface area (Å²) in [7, 11) is 1.68. The summed E-state index contributed by atoms with van der Waals surface area (Å²) in [5.41, 5.74) is 7.99. The van der Waals surface area contributed by atoms with Gasteiger partial charge in [-0.3, -0.25) is 0 Å². The van der Waals surface area contributed by atoms with Gasteiger partial charge in [0.25, 0.3) is 0 Å². The summed E-state index contributed by atoms with van der Waals surface area (Å²) in [6.45, 7) is 7.98. The average Bonchev–Trinajstić information content (AvgIpc) is 2.41. The quantitative estimate of drug-likeness (QED) is 0.907. The van der Waals surface area contributed by atoms with E-state index in [-0.39, 0.29) is 6.04 Å². The molecular formula is C16H26N2O. The van der Waals surface area contributed by atoms with Crippen LogP contribution in [0.4, 0.5) is 0 Å². The number of hydrogen-bond acceptors (Lipinski definition) is 3. The maximum absolute atomic E-state index is 6.30. The largest absolute Gasteiger partial charge is 0.497 e. The summed E-state index contributed by atoms with van der Waals surface area (Å²) < 4.78 is 5.17. The van der Waals surface area contributed by atoms with Crippen LogP contribution in [0.25, 0.3) is 0 Å². The molecule has 0 aromatic heterocycles. The smallest absolute Gasteiger partial charge is 0.118 e. The van der Waals surface area contributed by atoms with Crippen LogP contribution >= 0.6 is 0 Å². The number of benzene rings is 1. The van der Waals surface area contributed by atoms with Crippen LogP contribution < -0.4 is 10.5 Å². The Hall–Kier alpha value is -1.06. The van der Waals surface area contributed by atoms with E-state index in [9.17, 15) is 0 Å². The summed E-state index contributed by atoms with van der Waals surface area (Å²) in [5, 5.41) is 0. The summed E-state index contributed by atoms with van der Waals surface area (Å²) >= 11 is 0. The fourth-order valence-corrected chi connectivity index (χ4v) is 2.58. The third-order valence-electron chi connectivity index (χ3n) is 4.21. The Bertz CT molecular complexity index is 390. The first kappa shape index (κ1) is 14.4. The first-order valence-electron chi connectivity index (χ1n) is 7.12. The molecular weight excluding hydrogens is 236 g/mol. The lowest BCUT2D eigenvalue weighted by atomic mass is 9.82. The fraction of sp³-hybridized carbons (Fsp3) is 0.625. The molecule has 1 unspecified atom stereocenters. The lowest BCUT2D eigenvalue weighted by Gasteiger charge is -2.38. The summed E-state index contributed by atoms with van der Waals surface area (Å²) in [6, 6.07) is 8.18. The molecule has 2 N–H and O–H groups in total. The van der Waals surface area contributed by atoms with E-state index in [0.717, 1.165) is 25.4 Å². The van der Waals surface area contributed by atoms with Gasteiger partial charge in [-0.25, -0.2) is 0 Å². The van der Waals surface area contributed by atoms with E-state index in [4.69, 9.17) is 10.5 Å². The molecule has 1 aromatic carbocycles. The number of likely N-dealkylation sites (tertiary alicyclic amines) is 1. The van der Waals surface area contributed by atoms with E-state index < -0.39 is 0 Å². The van der Waals surface area contributed by atoms with Crippen LogP contribution in [0, 0.1) is 5.41 Å². The van der Waals surface area contributed by atoms with Crippen molar-refractivity contribution < 1.29 is 4.74 Å². The lowest BCUT2D eigenvalue weighted by Crippen LogP contribution is -2.40. The Morgan fingerprint density at radius 2 is 1.79 bits per heavy atom. The van der Waals surface area contributed by atoms with Gasteiger partial charge in [0.1, 0.15) is 5.75 Å². The second-order valence-corrected chi connectivity index (χ2v) is 6.34. The van der Waals surface area contributed by atoms with Crippen LogP contribution in [0.2, 0.25) is 0 Å². The Balaban J connectivity index is 1.88. The molecule has 0 bridgehead atoms. The third kappa shape index (κ3) is 3.95. The molecule has 3 nitrogen and oxygen atoms in total. The first-order valence-corrected chi connectivity index (χ1v) is 7.12. The van der Waals surface area contributed by atoms with Gasteiger partial charge in [-0.2, -0.15) is 0 Å². The van der Waals surface area contributed by atoms with Crippen LogP contribution in [0.3, 0.4) is 0 Å². The van der Waals surface area contributed by atoms with Crippen LogP contribution in [0.1, 0.15) is 38.3 Å². The highest BCUT2D eigenvalue weighted by molar-refractivity contribution is 5.29. The van der Waals surface area contributed by atoms with Crippen molar-refractivity contribution in [2.24, 2.45) is 11.1 Å². The van der Waals surface area contributed by atoms with E-state index in [1.807, 2.05) is 12.1 Å². The number of nitrogens with zero attached hydrogens (tertiary/aromatic N) is 1. The number of hydrogen-bond donors (Lipinski definition) is 1. The Morgan fingerprint density at radius 1 is 1.21 bits per heavy atom. The first-order chi connectivity index (χ1) is 9.00. The van der Waals surface area contributed by atoms with Crippen molar-refractivity contribution in [1.29, 1.82) is 0 Å². The van der Waals surface area contributed by atoms with Gasteiger partial charge in [0.15, 0.2) is 0 Å². The van der Waals surface area contributed by atoms with Crippen LogP contribution in [0.5, 0.6) is 5.75 Å². The van der Waals surface area contributed by atoms with Crippen molar-refractivity contribution in [3.63, 3.8) is 0 Å². The predicted octanol–water partition coefficient (Wildman–Crippen LogP) is 2.82. The molecule has 1 aliphatic rings. The van der Waals surface area contributed by atoms with Gasteiger partial charge < -0.3 is 15.4 Å². The predicted molar refractivity (Wildman–Crippen MR) is 79.4 cm³/mol. The number of rotatable bonds is 4. The molecule has 0 saturated carbocycles. The van der Waals surface area contributed by atoms with Gasteiger partial charge in [-0.1, -0.05) is 26.0 Å². The molecule has 3 heteroatoms. The Labute approximate surface area is 116 Å². The Morgan fingerprint density at radius 3 is 2.32 bits per heavy atom. The minimum absolute atomic E-state index is 0.0899. The zero-order chi connectivity index (χ0) is 13.9. The molecule has 2 rings (SSSR count). The number of methoxy groups -OCH3 is 1. The number of nitrogens with two attached hydrogens (primary N) is 1. The van der Waals surface area contributed by atoms with Crippen molar-refractivity contribution in [2.75, 3.05) is 26.7 Å². The van der Waals surface area contributed by atoms with E-state index in [1.165, 1.54) is 18.4 Å². The van der Waals surface area contributed by atoms with E-state index >= 15 is 0 Å². The number of piperidine rings is 1. The molecule has 0 spiro atoms. The maximum atomic E-state index is 6.30. The van der Waals surface area contributed by atoms with Crippen molar-refractivity contribution in [3.8, 4) is 5.75 Å². The molecule has 1 heterocycles. The van der Waals surface area contributed by atoms with Crippen molar-refractivity contribution >= 4 is 0 Å². The molecule has 1 fully saturated rings. The monoisotopic (exact) mass is 262 g/mol. The second-order valence-electron chi connectivity index (χ2n) is 6.34. The highest BCUT2D eigenvalue weighted by Crippen LogP contribution is 2.30. The normalized spacial score (nSPS) is 21.1. The van der Waals surface area contributed by atoms with Crippen molar-refractivity contribution in [3.05, 3.63) is 29.8 Å². The van der Waals surface area contributed by atoms with Crippen molar-refractivity contribution in [1.82, 2.24) is 4.90 Å². The van der Waals surface area contributed by atoms with Crippen LogP contribution in [0.15, 0.2) is 24.3 Å². The molecule has 0 amide bonds. The van der Waals surface area contributed by atoms with Gasteiger partial charge in [0.05, 0.1) is 7.11 Å². The minimum Gasteiger partial charge on any atom is -0.497 e. The minimum atomic E-state index is 0.0899. The van der Waals surface area contributed by atoms with Crippen LogP contribution in [-0.2, 0) is 0 Å². The average molecular weight is 262 g/mol. The van der Waals surface area contributed by atoms with Gasteiger partial charge in [0, 0.05) is 12.6 Å². The number of ether oxygens (including phenoxy) is 1. The summed E-state index contributed by atoms with van der Waals surface area (Å²) in [4.78, 5) is 2.49. The summed E-state index contributed by atoms with van der Waals surface area (Å²) in [6.07, 6.45) is 2.53. The van der Waals surface area contributed by atoms with Crippen molar-refractivity contribution in [2.45, 2.75) is 32.7 Å². The zero-order valence-electron chi connectivity index (χ0n) is 12.4. The van der Waals surface area contributed by atoms with Gasteiger partial charge in [-0.05, 0) is 49.0 Å². The molecule has 1 aliphatic heterocycles. The SMILES string of the molecule is COc1ccc(C(N)CN2CCC(C)(C)CC2)cc1. The van der Waals surface area contributed by atoms with Crippen LogP contribution in [-0.4, -0.2) is 31.6 Å². The van der Waals surface area contributed by atoms with E-state index in [0.29, 0.717) is 5.41 Å². The van der Waals surface area contributed by atoms with E-state index in [1.54, 1.807) is 7.11 Å². The molecule has 106 valence electrons. The molecule has 0 radical (unpaired) electrons. The zero-order valence-corrected chi connectivity index (χ0v) is 12.4. The van der Waals surface area contributed by atoms with Gasteiger partial charge in [0.2, 0.25) is 0 Å². The van der Waals surface area contributed by atoms with E-state index in [2.05, 4.69) is 30.9 Å². The Kier molecular flexibility index (Phi) is 4.48. The standard InChI is InChI=1S/C16H26N2O/c1-16(2)8-10-18(11-9-16)12-15(17)13-4-6-14(19-3)7-5-13/h4-7,15H,8-12,17H2,1-3H3. The van der Waals surface area contributed by atoms with Gasteiger partial charge in [-0.15, -0.1) is 0 Å². The topological polar surface area (TPSA) is 38.5 Å². The summed E-state index contributed by atoms with van der Waals surface area (Å²) in [5.74, 6) is 0.885. The molecule has 19 heavy (non-hydrogen) atoms. The molecule has 1 saturated heterocycles. The highest BCUT2D eigenvalue weighted by Gasteiger charge is 2.26. The molecule has 1 aromatic rings. The fourth-order valence-electron chi connectivity index (χ4n) is 2.58. The van der Waals surface area contributed by atoms with Gasteiger partial charge >= 0.3 is 0 Å². The molecule has 1 atom stereocenters. The second kappa shape index (κ2) is 5.93. The molecule has 0 aliphatic carbocycles. The highest BCUT2D eigenvalue weighted by atomic mass is 16.5. The third-order valence-corrected chi connectivity index (χ3v) is 4.21. The maximum Gasteiger partial charge on any atom is 0.118 e. The lowest BCUT2D eigenvalue weighted by molar-refractivity contribution is 0.127.